The fourth-order valence-corrected chi connectivity index (χ4v) is 3.56. The van der Waals surface area contributed by atoms with Crippen molar-refractivity contribution in [2.75, 3.05) is 23.7 Å². The minimum absolute atomic E-state index is 0.00409. The standard InChI is InChI=1S/C23H28N4O3/c1-16(19-7-6-10-21(15-19)25-17(2)28)24-23(30)27-13-11-18(12-14-27)22(29)26-20-8-4-3-5-9-20/h3-10,15-16,18H,11-14H2,1-2H3,(H,24,30)(H,25,28)(H,26,29). The second-order valence-corrected chi connectivity index (χ2v) is 7.59. The van der Waals surface area contributed by atoms with Crippen molar-refractivity contribution in [1.29, 1.82) is 0 Å². The second-order valence-electron chi connectivity index (χ2n) is 7.59. The molecule has 1 heterocycles. The zero-order valence-electron chi connectivity index (χ0n) is 17.4. The van der Waals surface area contributed by atoms with Crippen LogP contribution in [0.5, 0.6) is 0 Å². The van der Waals surface area contributed by atoms with Crippen molar-refractivity contribution in [3.8, 4) is 0 Å². The monoisotopic (exact) mass is 408 g/mol. The Bertz CT molecular complexity index is 892. The van der Waals surface area contributed by atoms with Crippen LogP contribution in [0.25, 0.3) is 0 Å². The molecular weight excluding hydrogens is 380 g/mol. The molecule has 0 radical (unpaired) electrons. The predicted molar refractivity (Wildman–Crippen MR) is 117 cm³/mol. The highest BCUT2D eigenvalue weighted by Crippen LogP contribution is 2.21. The van der Waals surface area contributed by atoms with Gasteiger partial charge in [0.2, 0.25) is 11.8 Å². The first kappa shape index (κ1) is 21.4. The van der Waals surface area contributed by atoms with Crippen molar-refractivity contribution in [3.05, 3.63) is 60.2 Å². The van der Waals surface area contributed by atoms with Gasteiger partial charge in [-0.3, -0.25) is 9.59 Å². The third kappa shape index (κ3) is 5.83. The zero-order chi connectivity index (χ0) is 21.5. The van der Waals surface area contributed by atoms with Gasteiger partial charge in [0, 0.05) is 37.3 Å². The molecule has 4 amide bonds. The molecule has 1 unspecified atom stereocenters. The lowest BCUT2D eigenvalue weighted by Gasteiger charge is -2.32. The largest absolute Gasteiger partial charge is 0.331 e. The molecule has 3 N–H and O–H groups in total. The SMILES string of the molecule is CC(=O)Nc1cccc(C(C)NC(=O)N2CCC(C(=O)Nc3ccccc3)CC2)c1. The van der Waals surface area contributed by atoms with Crippen molar-refractivity contribution in [2.24, 2.45) is 5.92 Å². The van der Waals surface area contributed by atoms with Gasteiger partial charge in [-0.15, -0.1) is 0 Å². The molecule has 158 valence electrons. The first-order valence-corrected chi connectivity index (χ1v) is 10.2. The maximum atomic E-state index is 12.7. The van der Waals surface area contributed by atoms with Crippen LogP contribution in [-0.4, -0.2) is 35.8 Å². The normalized spacial score (nSPS) is 15.2. The highest BCUT2D eigenvalue weighted by atomic mass is 16.2. The number of piperidine rings is 1. The lowest BCUT2D eigenvalue weighted by atomic mass is 9.96. The third-order valence-electron chi connectivity index (χ3n) is 5.24. The molecule has 3 rings (SSSR count). The van der Waals surface area contributed by atoms with Crippen LogP contribution in [0.4, 0.5) is 16.2 Å². The Morgan fingerprint density at radius 3 is 2.27 bits per heavy atom. The number of likely N-dealkylation sites (tertiary alicyclic amines) is 1. The molecule has 1 aliphatic heterocycles. The van der Waals surface area contributed by atoms with E-state index in [4.69, 9.17) is 0 Å². The number of rotatable bonds is 5. The summed E-state index contributed by atoms with van der Waals surface area (Å²) in [4.78, 5) is 38.1. The number of carbonyl (C=O) groups excluding carboxylic acids is 3. The van der Waals surface area contributed by atoms with Gasteiger partial charge in [0.15, 0.2) is 0 Å². The maximum Gasteiger partial charge on any atom is 0.317 e. The quantitative estimate of drug-likeness (QED) is 0.703. The second kappa shape index (κ2) is 9.91. The van der Waals surface area contributed by atoms with Crippen molar-refractivity contribution >= 4 is 29.2 Å². The van der Waals surface area contributed by atoms with Crippen LogP contribution in [-0.2, 0) is 9.59 Å². The molecule has 1 saturated heterocycles. The summed E-state index contributed by atoms with van der Waals surface area (Å²) in [5.74, 6) is -0.228. The molecule has 1 fully saturated rings. The highest BCUT2D eigenvalue weighted by Gasteiger charge is 2.28. The number of carbonyl (C=O) groups is 3. The van der Waals surface area contributed by atoms with E-state index in [9.17, 15) is 14.4 Å². The van der Waals surface area contributed by atoms with Gasteiger partial charge < -0.3 is 20.9 Å². The molecule has 1 atom stereocenters. The predicted octanol–water partition coefficient (Wildman–Crippen LogP) is 3.77. The van der Waals surface area contributed by atoms with E-state index >= 15 is 0 Å². The van der Waals surface area contributed by atoms with Crippen molar-refractivity contribution < 1.29 is 14.4 Å². The molecule has 7 nitrogen and oxygen atoms in total. The summed E-state index contributed by atoms with van der Waals surface area (Å²) in [6, 6.07) is 16.5. The molecule has 2 aromatic rings. The van der Waals surface area contributed by atoms with Crippen LogP contribution in [0.1, 0.15) is 38.3 Å². The summed E-state index contributed by atoms with van der Waals surface area (Å²) < 4.78 is 0. The van der Waals surface area contributed by atoms with Crippen molar-refractivity contribution in [3.63, 3.8) is 0 Å². The summed E-state index contributed by atoms with van der Waals surface area (Å²) in [6.45, 7) is 4.45. The molecule has 1 aliphatic rings. The van der Waals surface area contributed by atoms with Gasteiger partial charge >= 0.3 is 6.03 Å². The van der Waals surface area contributed by atoms with Gasteiger partial charge in [-0.1, -0.05) is 30.3 Å². The Balaban J connectivity index is 1.49. The van der Waals surface area contributed by atoms with Crippen LogP contribution in [0.3, 0.4) is 0 Å². The van der Waals surface area contributed by atoms with Crippen LogP contribution in [0.15, 0.2) is 54.6 Å². The Hall–Kier alpha value is -3.35. The number of nitrogens with one attached hydrogen (secondary N) is 3. The van der Waals surface area contributed by atoms with E-state index < -0.39 is 0 Å². The van der Waals surface area contributed by atoms with Crippen LogP contribution in [0.2, 0.25) is 0 Å². The Labute approximate surface area is 176 Å². The first-order valence-electron chi connectivity index (χ1n) is 10.2. The third-order valence-corrected chi connectivity index (χ3v) is 5.24. The lowest BCUT2D eigenvalue weighted by molar-refractivity contribution is -0.121. The maximum absolute atomic E-state index is 12.7. The number of nitrogens with zero attached hydrogens (tertiary/aromatic N) is 1. The number of benzene rings is 2. The fraction of sp³-hybridized carbons (Fsp3) is 0.348. The molecule has 30 heavy (non-hydrogen) atoms. The molecular formula is C23H28N4O3. The Kier molecular flexibility index (Phi) is 7.06. The van der Waals surface area contributed by atoms with Gasteiger partial charge in [-0.25, -0.2) is 4.79 Å². The van der Waals surface area contributed by atoms with E-state index in [0.29, 0.717) is 31.6 Å². The number of hydrogen-bond acceptors (Lipinski definition) is 3. The van der Waals surface area contributed by atoms with E-state index in [1.807, 2.05) is 61.5 Å². The van der Waals surface area contributed by atoms with Gasteiger partial charge in [0.25, 0.3) is 0 Å². The number of para-hydroxylation sites is 1. The molecule has 7 heteroatoms. The van der Waals surface area contributed by atoms with Crippen molar-refractivity contribution in [2.45, 2.75) is 32.7 Å². The Morgan fingerprint density at radius 2 is 1.60 bits per heavy atom. The molecule has 0 spiro atoms. The average molecular weight is 409 g/mol. The van der Waals surface area contributed by atoms with Crippen molar-refractivity contribution in [1.82, 2.24) is 10.2 Å². The van der Waals surface area contributed by atoms with Gasteiger partial charge in [0.05, 0.1) is 6.04 Å². The summed E-state index contributed by atoms with van der Waals surface area (Å²) in [5.41, 5.74) is 2.40. The molecule has 0 bridgehead atoms. The Morgan fingerprint density at radius 1 is 0.933 bits per heavy atom. The summed E-state index contributed by atoms with van der Waals surface area (Å²) >= 11 is 0. The fourth-order valence-electron chi connectivity index (χ4n) is 3.56. The van der Waals surface area contributed by atoms with Crippen LogP contribution < -0.4 is 16.0 Å². The van der Waals surface area contributed by atoms with Crippen LogP contribution >= 0.6 is 0 Å². The first-order chi connectivity index (χ1) is 14.4. The van der Waals surface area contributed by atoms with Gasteiger partial charge in [-0.05, 0) is 49.6 Å². The minimum atomic E-state index is -0.203. The van der Waals surface area contributed by atoms with E-state index in [1.54, 1.807) is 4.90 Å². The summed E-state index contributed by atoms with van der Waals surface area (Å²) in [7, 11) is 0. The minimum Gasteiger partial charge on any atom is -0.331 e. The van der Waals surface area contributed by atoms with E-state index in [1.165, 1.54) is 6.92 Å². The van der Waals surface area contributed by atoms with Gasteiger partial charge in [0.1, 0.15) is 0 Å². The number of urea groups is 1. The van der Waals surface area contributed by atoms with E-state index in [2.05, 4.69) is 16.0 Å². The average Bonchev–Trinajstić information content (AvgIpc) is 2.74. The molecule has 0 saturated carbocycles. The molecule has 0 aromatic heterocycles. The van der Waals surface area contributed by atoms with E-state index in [0.717, 1.165) is 11.3 Å². The van der Waals surface area contributed by atoms with Gasteiger partial charge in [-0.2, -0.15) is 0 Å². The highest BCUT2D eigenvalue weighted by molar-refractivity contribution is 5.92. The number of amides is 4. The summed E-state index contributed by atoms with van der Waals surface area (Å²) in [5, 5.41) is 8.69. The lowest BCUT2D eigenvalue weighted by Crippen LogP contribution is -2.46. The van der Waals surface area contributed by atoms with E-state index in [-0.39, 0.29) is 29.8 Å². The molecule has 2 aromatic carbocycles. The summed E-state index contributed by atoms with van der Waals surface area (Å²) in [6.07, 6.45) is 1.27. The smallest absolute Gasteiger partial charge is 0.317 e. The zero-order valence-corrected chi connectivity index (χ0v) is 17.4. The number of hydrogen-bond donors (Lipinski definition) is 3. The topological polar surface area (TPSA) is 90.5 Å². The molecule has 0 aliphatic carbocycles. The van der Waals surface area contributed by atoms with Crippen LogP contribution in [0, 0.1) is 5.92 Å². The number of anilines is 2.